The van der Waals surface area contributed by atoms with Gasteiger partial charge in [-0.2, -0.15) is 0 Å². The number of benzene rings is 2. The summed E-state index contributed by atoms with van der Waals surface area (Å²) in [6.45, 7) is -0.227. The highest BCUT2D eigenvalue weighted by Gasteiger charge is 2.11. The Balaban J connectivity index is 2.39. The first-order valence-electron chi connectivity index (χ1n) is 5.13. The lowest BCUT2D eigenvalue weighted by Crippen LogP contribution is -1.94. The van der Waals surface area contributed by atoms with Crippen LogP contribution in [0, 0.1) is 5.82 Å². The van der Waals surface area contributed by atoms with Crippen molar-refractivity contribution in [2.24, 2.45) is 0 Å². The highest BCUT2D eigenvalue weighted by molar-refractivity contribution is 6.31. The van der Waals surface area contributed by atoms with Crippen LogP contribution in [0.4, 0.5) is 4.39 Å². The largest absolute Gasteiger partial charge is 0.454 e. The zero-order valence-electron chi connectivity index (χ0n) is 9.16. The molecule has 2 nitrogen and oxygen atoms in total. The van der Waals surface area contributed by atoms with Crippen molar-refractivity contribution in [1.29, 1.82) is 0 Å². The van der Waals surface area contributed by atoms with E-state index in [0.29, 0.717) is 16.3 Å². The van der Waals surface area contributed by atoms with Crippen LogP contribution in [-0.4, -0.2) is 5.11 Å². The molecule has 0 aromatic heterocycles. The molecule has 0 amide bonds. The van der Waals surface area contributed by atoms with Crippen LogP contribution in [0.25, 0.3) is 0 Å². The maximum absolute atomic E-state index is 13.7. The summed E-state index contributed by atoms with van der Waals surface area (Å²) in [5, 5.41) is 9.58. The Morgan fingerprint density at radius 3 is 2.61 bits per heavy atom. The average Bonchev–Trinajstić information content (AvgIpc) is 2.35. The third-order valence-corrected chi connectivity index (χ3v) is 2.86. The minimum Gasteiger partial charge on any atom is -0.454 e. The zero-order valence-corrected chi connectivity index (χ0v) is 10.7. The fourth-order valence-electron chi connectivity index (χ4n) is 1.44. The molecule has 0 spiro atoms. The Morgan fingerprint density at radius 2 is 1.89 bits per heavy atom. The van der Waals surface area contributed by atoms with Gasteiger partial charge in [0.1, 0.15) is 5.75 Å². The molecular formula is C13H9Cl2FO2. The van der Waals surface area contributed by atoms with E-state index >= 15 is 0 Å². The van der Waals surface area contributed by atoms with Gasteiger partial charge >= 0.3 is 0 Å². The van der Waals surface area contributed by atoms with E-state index in [0.717, 1.165) is 0 Å². The van der Waals surface area contributed by atoms with Crippen molar-refractivity contribution >= 4 is 23.2 Å². The molecule has 2 rings (SSSR count). The molecule has 0 saturated heterocycles. The van der Waals surface area contributed by atoms with Crippen molar-refractivity contribution in [1.82, 2.24) is 0 Å². The van der Waals surface area contributed by atoms with Gasteiger partial charge in [-0.3, -0.25) is 0 Å². The molecule has 1 N–H and O–H groups in total. The van der Waals surface area contributed by atoms with E-state index in [9.17, 15) is 4.39 Å². The molecule has 0 aliphatic carbocycles. The number of rotatable bonds is 3. The van der Waals surface area contributed by atoms with Crippen molar-refractivity contribution in [3.05, 3.63) is 57.8 Å². The zero-order chi connectivity index (χ0) is 13.1. The lowest BCUT2D eigenvalue weighted by molar-refractivity contribution is 0.276. The molecular weight excluding hydrogens is 278 g/mol. The van der Waals surface area contributed by atoms with Gasteiger partial charge in [0.2, 0.25) is 0 Å². The summed E-state index contributed by atoms with van der Waals surface area (Å²) in [4.78, 5) is 0. The number of halogens is 3. The Hall–Kier alpha value is -1.29. The number of hydrogen-bond donors (Lipinski definition) is 1. The van der Waals surface area contributed by atoms with Gasteiger partial charge in [-0.1, -0.05) is 35.3 Å². The van der Waals surface area contributed by atoms with Crippen molar-refractivity contribution < 1.29 is 14.2 Å². The maximum Gasteiger partial charge on any atom is 0.184 e. The number of aliphatic hydroxyl groups is 1. The molecule has 94 valence electrons. The summed E-state index contributed by atoms with van der Waals surface area (Å²) in [6, 6.07) is 9.18. The van der Waals surface area contributed by atoms with Crippen LogP contribution in [0.1, 0.15) is 5.56 Å². The van der Waals surface area contributed by atoms with Crippen molar-refractivity contribution in [2.45, 2.75) is 6.61 Å². The summed E-state index contributed by atoms with van der Waals surface area (Å²) < 4.78 is 19.1. The molecule has 2 aromatic rings. The third kappa shape index (κ3) is 2.75. The van der Waals surface area contributed by atoms with Gasteiger partial charge in [0.25, 0.3) is 0 Å². The minimum absolute atomic E-state index is 0.0144. The van der Waals surface area contributed by atoms with Gasteiger partial charge in [0.05, 0.1) is 11.6 Å². The number of aliphatic hydroxyl groups excluding tert-OH is 1. The lowest BCUT2D eigenvalue weighted by Gasteiger charge is -2.11. The van der Waals surface area contributed by atoms with E-state index < -0.39 is 5.82 Å². The highest BCUT2D eigenvalue weighted by atomic mass is 35.5. The Kier molecular flexibility index (Phi) is 4.07. The first kappa shape index (κ1) is 13.1. The van der Waals surface area contributed by atoms with Gasteiger partial charge in [-0.25, -0.2) is 4.39 Å². The fourth-order valence-corrected chi connectivity index (χ4v) is 1.76. The van der Waals surface area contributed by atoms with Crippen LogP contribution in [0.3, 0.4) is 0 Å². The average molecular weight is 287 g/mol. The number of hydrogen-bond acceptors (Lipinski definition) is 2. The van der Waals surface area contributed by atoms with Gasteiger partial charge < -0.3 is 9.84 Å². The van der Waals surface area contributed by atoms with Gasteiger partial charge in [0.15, 0.2) is 11.6 Å². The van der Waals surface area contributed by atoms with Gasteiger partial charge in [0, 0.05) is 10.6 Å². The summed E-state index contributed by atoms with van der Waals surface area (Å²) in [5.74, 6) is -0.367. The normalized spacial score (nSPS) is 10.4. The Bertz CT molecular complexity index is 573. The van der Waals surface area contributed by atoms with Crippen molar-refractivity contribution in [3.8, 4) is 11.5 Å². The first-order chi connectivity index (χ1) is 8.61. The maximum atomic E-state index is 13.7. The molecule has 0 fully saturated rings. The lowest BCUT2D eigenvalue weighted by atomic mass is 10.2. The van der Waals surface area contributed by atoms with E-state index in [1.54, 1.807) is 18.2 Å². The molecule has 0 radical (unpaired) electrons. The first-order valence-corrected chi connectivity index (χ1v) is 5.88. The molecule has 18 heavy (non-hydrogen) atoms. The van der Waals surface area contributed by atoms with E-state index in [2.05, 4.69) is 0 Å². The predicted octanol–water partition coefficient (Wildman–Crippen LogP) is 4.42. The second-order valence-corrected chi connectivity index (χ2v) is 4.41. The molecule has 5 heteroatoms. The molecule has 0 saturated carbocycles. The summed E-state index contributed by atoms with van der Waals surface area (Å²) in [5.41, 5.74) is 0.513. The van der Waals surface area contributed by atoms with Gasteiger partial charge in [-0.05, 0) is 24.3 Å². The van der Waals surface area contributed by atoms with Crippen LogP contribution in [0.5, 0.6) is 11.5 Å². The van der Waals surface area contributed by atoms with Crippen LogP contribution >= 0.6 is 23.2 Å². The summed E-state index contributed by atoms with van der Waals surface area (Å²) in [6.07, 6.45) is 0. The summed E-state index contributed by atoms with van der Waals surface area (Å²) >= 11 is 11.5. The smallest absolute Gasteiger partial charge is 0.184 e. The predicted molar refractivity (Wildman–Crippen MR) is 68.9 cm³/mol. The Labute approximate surface area is 114 Å². The van der Waals surface area contributed by atoms with Crippen LogP contribution in [0.15, 0.2) is 36.4 Å². The standard InChI is InChI=1S/C13H9Cl2FO2/c14-9-5-4-8(7-17)12(6-9)18-11-3-1-2-10(15)13(11)16/h1-6,17H,7H2. The topological polar surface area (TPSA) is 29.5 Å². The molecule has 0 aliphatic heterocycles. The Morgan fingerprint density at radius 1 is 1.11 bits per heavy atom. The molecule has 0 aliphatic rings. The van der Waals surface area contributed by atoms with Crippen molar-refractivity contribution in [3.63, 3.8) is 0 Å². The number of ether oxygens (including phenoxy) is 1. The van der Waals surface area contributed by atoms with Crippen LogP contribution < -0.4 is 4.74 Å². The molecule has 0 bridgehead atoms. The van der Waals surface area contributed by atoms with E-state index in [1.165, 1.54) is 18.2 Å². The van der Waals surface area contributed by atoms with Crippen LogP contribution in [-0.2, 0) is 6.61 Å². The fraction of sp³-hybridized carbons (Fsp3) is 0.0769. The van der Waals surface area contributed by atoms with E-state index in [-0.39, 0.29) is 17.4 Å². The molecule has 0 atom stereocenters. The quantitative estimate of drug-likeness (QED) is 0.905. The summed E-state index contributed by atoms with van der Waals surface area (Å²) in [7, 11) is 0. The second kappa shape index (κ2) is 5.57. The molecule has 0 unspecified atom stereocenters. The highest BCUT2D eigenvalue weighted by Crippen LogP contribution is 2.32. The van der Waals surface area contributed by atoms with Crippen LogP contribution in [0.2, 0.25) is 10.0 Å². The minimum atomic E-state index is -0.650. The second-order valence-electron chi connectivity index (χ2n) is 3.56. The van der Waals surface area contributed by atoms with E-state index in [4.69, 9.17) is 33.0 Å². The SMILES string of the molecule is OCc1ccc(Cl)cc1Oc1cccc(Cl)c1F. The molecule has 0 heterocycles. The molecule has 2 aromatic carbocycles. The van der Waals surface area contributed by atoms with Gasteiger partial charge in [-0.15, -0.1) is 0 Å². The van der Waals surface area contributed by atoms with Crippen molar-refractivity contribution in [2.75, 3.05) is 0 Å². The third-order valence-electron chi connectivity index (χ3n) is 2.34. The monoisotopic (exact) mass is 286 g/mol. The van der Waals surface area contributed by atoms with E-state index in [1.807, 2.05) is 0 Å².